The van der Waals surface area contributed by atoms with Crippen molar-refractivity contribution >= 4 is 58.2 Å². The van der Waals surface area contributed by atoms with Gasteiger partial charge in [-0.15, -0.1) is 23.2 Å². The molecule has 2 aromatic rings. The minimum absolute atomic E-state index is 0.0575. The number of hydrogen-bond donors (Lipinski definition) is 1. The number of phenolic OH excluding ortho intramolecular Hbond substituents is 1. The molecule has 3 fully saturated rings. The van der Waals surface area contributed by atoms with Gasteiger partial charge in [0, 0.05) is 30.7 Å². The van der Waals surface area contributed by atoms with E-state index < -0.39 is 62.0 Å². The molecule has 41 heavy (non-hydrogen) atoms. The third kappa shape index (κ3) is 3.39. The number of likely N-dealkylation sites (tertiary alicyclic amines) is 1. The quantitative estimate of drug-likeness (QED) is 0.184. The summed E-state index contributed by atoms with van der Waals surface area (Å²) in [6.45, 7) is 0. The highest BCUT2D eigenvalue weighted by Gasteiger charge is 2.76. The van der Waals surface area contributed by atoms with Gasteiger partial charge >= 0.3 is 0 Å². The summed E-state index contributed by atoms with van der Waals surface area (Å²) in [5, 5.41) is 22.5. The fourth-order valence-electron chi connectivity index (χ4n) is 7.03. The molecule has 6 unspecified atom stereocenters. The first-order valence-electron chi connectivity index (χ1n) is 12.8. The maximum Gasteiger partial charge on any atom is 0.271 e. The van der Waals surface area contributed by atoms with Crippen LogP contribution >= 0.6 is 23.2 Å². The van der Waals surface area contributed by atoms with Crippen LogP contribution in [0.3, 0.4) is 0 Å². The number of non-ortho nitro benzene ring substituents is 1. The zero-order chi connectivity index (χ0) is 29.6. The van der Waals surface area contributed by atoms with Crippen molar-refractivity contribution in [2.45, 2.75) is 28.5 Å². The lowest BCUT2D eigenvalue weighted by atomic mass is 9.56. The molecule has 1 saturated carbocycles. The number of aromatic hydroxyl groups is 1. The zero-order valence-corrected chi connectivity index (χ0v) is 23.3. The number of para-hydroxylation sites is 1. The fourth-order valence-corrected chi connectivity index (χ4v) is 8.04. The summed E-state index contributed by atoms with van der Waals surface area (Å²) in [5.41, 5.74) is 0.456. The summed E-state index contributed by atoms with van der Waals surface area (Å²) in [5.74, 6) is -6.60. The first-order valence-corrected chi connectivity index (χ1v) is 13.5. The largest absolute Gasteiger partial charge is 0.504 e. The van der Waals surface area contributed by atoms with Gasteiger partial charge in [-0.1, -0.05) is 29.8 Å². The highest BCUT2D eigenvalue weighted by atomic mass is 35.5. The molecule has 0 bridgehead atoms. The number of rotatable bonds is 4. The average Bonchev–Trinajstić information content (AvgIpc) is 3.28. The van der Waals surface area contributed by atoms with E-state index in [0.717, 1.165) is 15.9 Å². The van der Waals surface area contributed by atoms with E-state index in [0.29, 0.717) is 5.57 Å². The Bertz CT molecular complexity index is 1610. The van der Waals surface area contributed by atoms with Crippen molar-refractivity contribution in [3.8, 4) is 11.5 Å². The highest BCUT2D eigenvalue weighted by molar-refractivity contribution is 6.53. The van der Waals surface area contributed by atoms with Crippen LogP contribution in [0.5, 0.6) is 11.5 Å². The standard InChI is InChI=1S/C28H23Cl2N3O8/c1-31-25(37)27(29)12-18-15(21(28(27,30)26(31)38)17-7-4-8-19(41-2)22(17)34)9-10-16-20(18)24(36)32(23(16)35)13-5-3-6-14(11-13)33(39)40/h3-9,11,16,18,20-21,34H,10,12H2,1-2H3. The number of phenols is 1. The Morgan fingerprint density at radius 1 is 1.05 bits per heavy atom. The van der Waals surface area contributed by atoms with E-state index in [1.807, 2.05) is 0 Å². The van der Waals surface area contributed by atoms with Crippen LogP contribution in [0, 0.1) is 27.9 Å². The smallest absolute Gasteiger partial charge is 0.271 e. The van der Waals surface area contributed by atoms with Gasteiger partial charge in [-0.2, -0.15) is 0 Å². The molecule has 6 rings (SSSR count). The van der Waals surface area contributed by atoms with Gasteiger partial charge in [0.1, 0.15) is 0 Å². The van der Waals surface area contributed by atoms with Crippen LogP contribution in [-0.4, -0.2) is 62.5 Å². The molecular weight excluding hydrogens is 577 g/mol. The van der Waals surface area contributed by atoms with Crippen molar-refractivity contribution in [1.82, 2.24) is 4.90 Å². The van der Waals surface area contributed by atoms with E-state index in [-0.39, 0.29) is 41.3 Å². The van der Waals surface area contributed by atoms with Crippen LogP contribution in [-0.2, 0) is 19.2 Å². The van der Waals surface area contributed by atoms with Gasteiger partial charge in [-0.25, -0.2) is 4.90 Å². The summed E-state index contributed by atoms with van der Waals surface area (Å²) in [4.78, 5) is 63.2. The number of ether oxygens (including phenoxy) is 1. The molecule has 0 aromatic heterocycles. The SMILES string of the molecule is COc1cccc(C2C3=CCC4C(=O)N(c5cccc([N+](=O)[O-])c5)C(=O)C4C3CC3(Cl)C(=O)N(C)C(=O)C23Cl)c1O. The number of nitrogens with zero attached hydrogens (tertiary/aromatic N) is 3. The summed E-state index contributed by atoms with van der Waals surface area (Å²) >= 11 is 14.2. The molecule has 2 aliphatic heterocycles. The monoisotopic (exact) mass is 599 g/mol. The molecule has 6 atom stereocenters. The maximum atomic E-state index is 14.0. The van der Waals surface area contributed by atoms with E-state index in [2.05, 4.69) is 0 Å². The fraction of sp³-hybridized carbons (Fsp3) is 0.357. The van der Waals surface area contributed by atoms with Crippen molar-refractivity contribution in [2.75, 3.05) is 19.1 Å². The second-order valence-corrected chi connectivity index (χ2v) is 11.9. The Hall–Kier alpha value is -3.96. The number of anilines is 1. The van der Waals surface area contributed by atoms with Crippen LogP contribution in [0.15, 0.2) is 54.1 Å². The molecule has 212 valence electrons. The number of nitro groups is 1. The van der Waals surface area contributed by atoms with E-state index in [9.17, 15) is 34.4 Å². The lowest BCUT2D eigenvalue weighted by Gasteiger charge is -2.50. The second kappa shape index (κ2) is 9.02. The van der Waals surface area contributed by atoms with Gasteiger partial charge in [0.15, 0.2) is 21.2 Å². The average molecular weight is 600 g/mol. The predicted molar refractivity (Wildman–Crippen MR) is 146 cm³/mol. The Morgan fingerprint density at radius 3 is 2.44 bits per heavy atom. The number of alkyl halides is 2. The van der Waals surface area contributed by atoms with Crippen LogP contribution in [0.25, 0.3) is 0 Å². The molecule has 2 saturated heterocycles. The maximum absolute atomic E-state index is 14.0. The molecule has 0 radical (unpaired) electrons. The first kappa shape index (κ1) is 27.2. The molecule has 0 spiro atoms. The van der Waals surface area contributed by atoms with Crippen molar-refractivity contribution in [2.24, 2.45) is 17.8 Å². The Labute approximate surface area is 243 Å². The van der Waals surface area contributed by atoms with Crippen LogP contribution in [0.4, 0.5) is 11.4 Å². The first-order chi connectivity index (χ1) is 19.4. The predicted octanol–water partition coefficient (Wildman–Crippen LogP) is 3.50. The number of carbonyl (C=O) groups excluding carboxylic acids is 4. The second-order valence-electron chi connectivity index (χ2n) is 10.7. The van der Waals surface area contributed by atoms with Crippen molar-refractivity contribution in [3.63, 3.8) is 0 Å². The number of amides is 4. The number of methoxy groups -OCH3 is 1. The van der Waals surface area contributed by atoms with Gasteiger partial charge in [0.05, 0.1) is 29.6 Å². The normalized spacial score (nSPS) is 32.4. The lowest BCUT2D eigenvalue weighted by molar-refractivity contribution is -0.384. The summed E-state index contributed by atoms with van der Waals surface area (Å²) < 4.78 is 5.28. The summed E-state index contributed by atoms with van der Waals surface area (Å²) in [6, 6.07) is 9.89. The Balaban J connectivity index is 1.52. The number of hydrogen-bond acceptors (Lipinski definition) is 8. The van der Waals surface area contributed by atoms with Crippen LogP contribution < -0.4 is 9.64 Å². The van der Waals surface area contributed by atoms with E-state index in [1.54, 1.807) is 18.2 Å². The minimum atomic E-state index is -2.05. The number of carbonyl (C=O) groups is 4. The third-order valence-electron chi connectivity index (χ3n) is 8.87. The lowest BCUT2D eigenvalue weighted by Crippen LogP contribution is -2.60. The zero-order valence-electron chi connectivity index (χ0n) is 21.7. The molecule has 1 N–H and O–H groups in total. The molecule has 2 aromatic carbocycles. The number of benzene rings is 2. The van der Waals surface area contributed by atoms with Gasteiger partial charge in [0.25, 0.3) is 17.5 Å². The molecule has 2 aliphatic carbocycles. The van der Waals surface area contributed by atoms with Crippen molar-refractivity contribution in [1.29, 1.82) is 0 Å². The minimum Gasteiger partial charge on any atom is -0.504 e. The summed E-state index contributed by atoms with van der Waals surface area (Å²) in [7, 11) is 2.63. The number of imide groups is 2. The number of allylic oxidation sites excluding steroid dienone is 2. The Kier molecular flexibility index (Phi) is 5.99. The molecule has 2 heterocycles. The van der Waals surface area contributed by atoms with Gasteiger partial charge in [-0.3, -0.25) is 34.2 Å². The Morgan fingerprint density at radius 2 is 1.76 bits per heavy atom. The van der Waals surface area contributed by atoms with Gasteiger partial charge in [-0.05, 0) is 30.9 Å². The molecule has 4 amide bonds. The van der Waals surface area contributed by atoms with Crippen LogP contribution in [0.1, 0.15) is 24.3 Å². The summed E-state index contributed by atoms with van der Waals surface area (Å²) in [6.07, 6.45) is 1.62. The number of nitro benzene ring substituents is 1. The van der Waals surface area contributed by atoms with Gasteiger partial charge < -0.3 is 9.84 Å². The molecule has 11 nitrogen and oxygen atoms in total. The van der Waals surface area contributed by atoms with E-state index in [1.165, 1.54) is 38.4 Å². The topological polar surface area (TPSA) is 147 Å². The molecule has 13 heteroatoms. The number of fused-ring (bicyclic) bond motifs is 4. The van der Waals surface area contributed by atoms with E-state index >= 15 is 0 Å². The van der Waals surface area contributed by atoms with Crippen molar-refractivity contribution < 1.29 is 33.9 Å². The third-order valence-corrected chi connectivity index (χ3v) is 10.3. The van der Waals surface area contributed by atoms with Gasteiger partial charge in [0.2, 0.25) is 11.8 Å². The molecular formula is C28H23Cl2N3O8. The van der Waals surface area contributed by atoms with E-state index in [4.69, 9.17) is 27.9 Å². The van der Waals surface area contributed by atoms with Crippen LogP contribution in [0.2, 0.25) is 0 Å². The molecule has 4 aliphatic rings. The highest BCUT2D eigenvalue weighted by Crippen LogP contribution is 2.66. The number of halogens is 2. The van der Waals surface area contributed by atoms with Crippen molar-refractivity contribution in [3.05, 3.63) is 69.8 Å².